The molecule has 0 amide bonds. The van der Waals surface area contributed by atoms with Crippen LogP contribution in [0.1, 0.15) is 47.7 Å². The van der Waals surface area contributed by atoms with Gasteiger partial charge in [-0.1, -0.05) is 6.92 Å². The van der Waals surface area contributed by atoms with Crippen molar-refractivity contribution < 1.29 is 0 Å². The predicted molar refractivity (Wildman–Crippen MR) is 76.8 cm³/mol. The van der Waals surface area contributed by atoms with Crippen molar-refractivity contribution in [2.75, 3.05) is 0 Å². The lowest BCUT2D eigenvalue weighted by Crippen LogP contribution is -2.23. The first-order valence-corrected chi connectivity index (χ1v) is 7.22. The highest BCUT2D eigenvalue weighted by molar-refractivity contribution is 7.12. The minimum absolute atomic E-state index is 0.371. The van der Waals surface area contributed by atoms with E-state index in [4.69, 9.17) is 0 Å². The molecule has 2 atom stereocenters. The van der Waals surface area contributed by atoms with Gasteiger partial charge in [0.2, 0.25) is 0 Å². The summed E-state index contributed by atoms with van der Waals surface area (Å²) < 4.78 is 1.86. The summed E-state index contributed by atoms with van der Waals surface area (Å²) in [4.78, 5) is 2.77. The zero-order chi connectivity index (χ0) is 13.1. The van der Waals surface area contributed by atoms with E-state index in [2.05, 4.69) is 49.5 Å². The zero-order valence-corrected chi connectivity index (χ0v) is 12.3. The summed E-state index contributed by atoms with van der Waals surface area (Å²) in [5.41, 5.74) is 1.26. The van der Waals surface area contributed by atoms with Crippen molar-refractivity contribution in [3.05, 3.63) is 39.8 Å². The van der Waals surface area contributed by atoms with Crippen LogP contribution in [0, 0.1) is 6.92 Å². The molecule has 0 unspecified atom stereocenters. The molecular formula is C14H21N3S. The molecule has 0 aliphatic rings. The van der Waals surface area contributed by atoms with E-state index < -0.39 is 0 Å². The molecule has 98 valence electrons. The summed E-state index contributed by atoms with van der Waals surface area (Å²) in [7, 11) is 1.96. The number of aryl methyl sites for hydroxylation is 2. The Balaban J connectivity index is 2.06. The Morgan fingerprint density at radius 1 is 1.44 bits per heavy atom. The minimum atomic E-state index is 0.371. The van der Waals surface area contributed by atoms with Crippen LogP contribution in [0.2, 0.25) is 0 Å². The van der Waals surface area contributed by atoms with Crippen LogP contribution >= 0.6 is 11.3 Å². The first-order valence-electron chi connectivity index (χ1n) is 6.41. The van der Waals surface area contributed by atoms with Gasteiger partial charge in [0.15, 0.2) is 0 Å². The van der Waals surface area contributed by atoms with E-state index in [0.717, 1.165) is 6.42 Å². The van der Waals surface area contributed by atoms with Gasteiger partial charge in [0.05, 0.1) is 6.20 Å². The van der Waals surface area contributed by atoms with E-state index in [0.29, 0.717) is 12.1 Å². The van der Waals surface area contributed by atoms with E-state index in [1.807, 2.05) is 29.3 Å². The lowest BCUT2D eigenvalue weighted by molar-refractivity contribution is 0.460. The molecule has 0 saturated carbocycles. The zero-order valence-electron chi connectivity index (χ0n) is 11.5. The molecule has 3 nitrogen and oxygen atoms in total. The Morgan fingerprint density at radius 3 is 2.72 bits per heavy atom. The van der Waals surface area contributed by atoms with Crippen molar-refractivity contribution in [3.63, 3.8) is 0 Å². The fourth-order valence-corrected chi connectivity index (χ4v) is 3.03. The van der Waals surface area contributed by atoms with E-state index in [1.54, 1.807) is 0 Å². The Labute approximate surface area is 113 Å². The second-order valence-corrected chi connectivity index (χ2v) is 6.06. The molecule has 18 heavy (non-hydrogen) atoms. The van der Waals surface area contributed by atoms with Crippen LogP contribution in [-0.4, -0.2) is 9.78 Å². The van der Waals surface area contributed by atoms with Crippen LogP contribution < -0.4 is 5.32 Å². The lowest BCUT2D eigenvalue weighted by atomic mass is 10.1. The number of hydrogen-bond donors (Lipinski definition) is 1. The van der Waals surface area contributed by atoms with E-state index in [-0.39, 0.29) is 0 Å². The number of thiophene rings is 1. The SMILES string of the molecule is CC[C@H](N[C@@H](C)c1ccc(C)s1)c1cnn(C)c1. The summed E-state index contributed by atoms with van der Waals surface area (Å²) in [6.45, 7) is 6.58. The lowest BCUT2D eigenvalue weighted by Gasteiger charge is -2.20. The molecule has 4 heteroatoms. The van der Waals surface area contributed by atoms with Crippen LogP contribution in [0.4, 0.5) is 0 Å². The van der Waals surface area contributed by atoms with E-state index in [9.17, 15) is 0 Å². The van der Waals surface area contributed by atoms with Crippen LogP contribution in [0.3, 0.4) is 0 Å². The Bertz CT molecular complexity index is 501. The third kappa shape index (κ3) is 3.00. The van der Waals surface area contributed by atoms with Crippen molar-refractivity contribution >= 4 is 11.3 Å². The summed E-state index contributed by atoms with van der Waals surface area (Å²) in [5, 5.41) is 7.93. The smallest absolute Gasteiger partial charge is 0.0537 e. The molecular weight excluding hydrogens is 242 g/mol. The quantitative estimate of drug-likeness (QED) is 0.893. The molecule has 0 fully saturated rings. The molecule has 0 aliphatic carbocycles. The van der Waals surface area contributed by atoms with Crippen molar-refractivity contribution in [3.8, 4) is 0 Å². The summed E-state index contributed by atoms with van der Waals surface area (Å²) in [6, 6.07) is 5.15. The van der Waals surface area contributed by atoms with Crippen molar-refractivity contribution in [2.45, 2.75) is 39.3 Å². The molecule has 0 spiro atoms. The molecule has 0 bridgehead atoms. The van der Waals surface area contributed by atoms with Gasteiger partial charge in [-0.15, -0.1) is 11.3 Å². The summed E-state index contributed by atoms with van der Waals surface area (Å²) >= 11 is 1.87. The molecule has 0 aliphatic heterocycles. The summed E-state index contributed by atoms with van der Waals surface area (Å²) in [5.74, 6) is 0. The topological polar surface area (TPSA) is 29.9 Å². The maximum absolute atomic E-state index is 4.25. The molecule has 2 aromatic rings. The van der Waals surface area contributed by atoms with Crippen LogP contribution in [0.25, 0.3) is 0 Å². The maximum Gasteiger partial charge on any atom is 0.0537 e. The fraction of sp³-hybridized carbons (Fsp3) is 0.500. The van der Waals surface area contributed by atoms with Gasteiger partial charge in [-0.05, 0) is 32.4 Å². The first kappa shape index (κ1) is 13.3. The van der Waals surface area contributed by atoms with Gasteiger partial charge in [-0.2, -0.15) is 5.10 Å². The third-order valence-corrected chi connectivity index (χ3v) is 4.36. The van der Waals surface area contributed by atoms with Gasteiger partial charge in [-0.25, -0.2) is 0 Å². The maximum atomic E-state index is 4.25. The Morgan fingerprint density at radius 2 is 2.22 bits per heavy atom. The van der Waals surface area contributed by atoms with Gasteiger partial charge < -0.3 is 5.32 Å². The van der Waals surface area contributed by atoms with Gasteiger partial charge in [-0.3, -0.25) is 4.68 Å². The monoisotopic (exact) mass is 263 g/mol. The number of aromatic nitrogens is 2. The standard InChI is InChI=1S/C14H21N3S/c1-5-13(12-8-15-17(4)9-12)16-11(3)14-7-6-10(2)18-14/h6-9,11,13,16H,5H2,1-4H3/t11-,13-/m0/s1. The Hall–Kier alpha value is -1.13. The number of nitrogens with zero attached hydrogens (tertiary/aromatic N) is 2. The average Bonchev–Trinajstić information content (AvgIpc) is 2.94. The molecule has 0 saturated heterocycles. The average molecular weight is 263 g/mol. The third-order valence-electron chi connectivity index (χ3n) is 3.17. The number of rotatable bonds is 5. The van der Waals surface area contributed by atoms with Crippen molar-refractivity contribution in [1.82, 2.24) is 15.1 Å². The molecule has 2 aromatic heterocycles. The van der Waals surface area contributed by atoms with Crippen LogP contribution in [0.15, 0.2) is 24.5 Å². The van der Waals surface area contributed by atoms with E-state index in [1.165, 1.54) is 15.3 Å². The van der Waals surface area contributed by atoms with Gasteiger partial charge in [0.25, 0.3) is 0 Å². The largest absolute Gasteiger partial charge is 0.302 e. The minimum Gasteiger partial charge on any atom is -0.302 e. The number of hydrogen-bond acceptors (Lipinski definition) is 3. The fourth-order valence-electron chi connectivity index (χ4n) is 2.14. The van der Waals surface area contributed by atoms with Crippen LogP contribution in [0.5, 0.6) is 0 Å². The Kier molecular flexibility index (Phi) is 4.19. The molecule has 0 aromatic carbocycles. The second-order valence-electron chi connectivity index (χ2n) is 4.74. The highest BCUT2D eigenvalue weighted by atomic mass is 32.1. The molecule has 2 heterocycles. The number of nitrogens with one attached hydrogen (secondary N) is 1. The van der Waals surface area contributed by atoms with E-state index >= 15 is 0 Å². The van der Waals surface area contributed by atoms with Gasteiger partial charge in [0, 0.05) is 40.6 Å². The van der Waals surface area contributed by atoms with Crippen LogP contribution in [-0.2, 0) is 7.05 Å². The second kappa shape index (κ2) is 5.67. The first-order chi connectivity index (χ1) is 8.60. The molecule has 1 N–H and O–H groups in total. The highest BCUT2D eigenvalue weighted by Crippen LogP contribution is 2.26. The predicted octanol–water partition coefficient (Wildman–Crippen LogP) is 3.59. The van der Waals surface area contributed by atoms with Crippen molar-refractivity contribution in [2.24, 2.45) is 7.05 Å². The van der Waals surface area contributed by atoms with Crippen molar-refractivity contribution in [1.29, 1.82) is 0 Å². The normalized spacial score (nSPS) is 14.7. The van der Waals surface area contributed by atoms with Gasteiger partial charge >= 0.3 is 0 Å². The highest BCUT2D eigenvalue weighted by Gasteiger charge is 2.15. The molecule has 2 rings (SSSR count). The van der Waals surface area contributed by atoms with Gasteiger partial charge in [0.1, 0.15) is 0 Å². The summed E-state index contributed by atoms with van der Waals surface area (Å²) in [6.07, 6.45) is 5.11. The molecule has 0 radical (unpaired) electrons.